The predicted octanol–water partition coefficient (Wildman–Crippen LogP) is 4.75. The van der Waals surface area contributed by atoms with Crippen LogP contribution in [0.25, 0.3) is 5.57 Å². The van der Waals surface area contributed by atoms with Crippen LogP contribution in [0.4, 0.5) is 0 Å². The van der Waals surface area contributed by atoms with E-state index in [0.717, 1.165) is 22.3 Å². The van der Waals surface area contributed by atoms with Gasteiger partial charge in [-0.05, 0) is 43.2 Å². The molecule has 0 unspecified atom stereocenters. The zero-order valence-corrected chi connectivity index (χ0v) is 12.6. The largest absolute Gasteiger partial charge is 0.383 e. The van der Waals surface area contributed by atoms with Crippen LogP contribution in [0.5, 0.6) is 0 Å². The minimum atomic E-state index is 0.438. The Bertz CT molecular complexity index is 586. The van der Waals surface area contributed by atoms with Gasteiger partial charge in [-0.2, -0.15) is 0 Å². The van der Waals surface area contributed by atoms with Gasteiger partial charge in [0.2, 0.25) is 0 Å². The van der Waals surface area contributed by atoms with Crippen molar-refractivity contribution in [2.75, 3.05) is 0 Å². The molecule has 20 heavy (non-hydrogen) atoms. The smallest absolute Gasteiger partial charge is 0.130 e. The van der Waals surface area contributed by atoms with Crippen LogP contribution < -0.4 is 5.73 Å². The van der Waals surface area contributed by atoms with Crippen LogP contribution in [0.3, 0.4) is 0 Å². The Morgan fingerprint density at radius 2 is 1.80 bits per heavy atom. The molecule has 0 radical (unpaired) electrons. The van der Waals surface area contributed by atoms with E-state index >= 15 is 0 Å². The molecular formula is C17H19ClN2. The number of benzene rings is 1. The first-order valence-electron chi connectivity index (χ1n) is 6.21. The van der Waals surface area contributed by atoms with Crippen molar-refractivity contribution < 1.29 is 0 Å². The quantitative estimate of drug-likeness (QED) is 0.474. The molecule has 0 fully saturated rings. The zero-order valence-electron chi connectivity index (χ0n) is 11.9. The fourth-order valence-electron chi connectivity index (χ4n) is 1.70. The fourth-order valence-corrected chi connectivity index (χ4v) is 1.83. The van der Waals surface area contributed by atoms with Crippen molar-refractivity contribution in [3.05, 3.63) is 77.5 Å². The molecular weight excluding hydrogens is 268 g/mol. The molecule has 1 aromatic rings. The van der Waals surface area contributed by atoms with Gasteiger partial charge in [0.05, 0.1) is 0 Å². The first-order chi connectivity index (χ1) is 9.49. The number of hydrogen-bond acceptors (Lipinski definition) is 1. The van der Waals surface area contributed by atoms with Gasteiger partial charge in [0.1, 0.15) is 5.84 Å². The molecule has 0 bridgehead atoms. The Kier molecular flexibility index (Phi) is 6.01. The summed E-state index contributed by atoms with van der Waals surface area (Å²) in [5, 5.41) is 0.701. The zero-order chi connectivity index (χ0) is 15.1. The van der Waals surface area contributed by atoms with Gasteiger partial charge in [-0.15, -0.1) is 0 Å². The second-order valence-electron chi connectivity index (χ2n) is 4.42. The third-order valence-electron chi connectivity index (χ3n) is 2.74. The lowest BCUT2D eigenvalue weighted by Gasteiger charge is -2.08. The van der Waals surface area contributed by atoms with Crippen molar-refractivity contribution in [2.45, 2.75) is 13.8 Å². The van der Waals surface area contributed by atoms with Crippen molar-refractivity contribution >= 4 is 23.0 Å². The van der Waals surface area contributed by atoms with Crippen molar-refractivity contribution in [1.82, 2.24) is 0 Å². The lowest BCUT2D eigenvalue weighted by molar-refractivity contribution is 1.34. The van der Waals surface area contributed by atoms with Gasteiger partial charge in [-0.1, -0.05) is 48.5 Å². The summed E-state index contributed by atoms with van der Waals surface area (Å²) in [5.74, 6) is 0.438. The highest BCUT2D eigenvalue weighted by Crippen LogP contribution is 2.21. The summed E-state index contributed by atoms with van der Waals surface area (Å²) < 4.78 is 0. The summed E-state index contributed by atoms with van der Waals surface area (Å²) in [4.78, 5) is 4.04. The minimum Gasteiger partial charge on any atom is -0.383 e. The van der Waals surface area contributed by atoms with E-state index in [4.69, 9.17) is 17.3 Å². The van der Waals surface area contributed by atoms with Crippen LogP contribution in [-0.4, -0.2) is 5.84 Å². The summed E-state index contributed by atoms with van der Waals surface area (Å²) in [6, 6.07) is 7.58. The summed E-state index contributed by atoms with van der Waals surface area (Å²) in [6.07, 6.45) is 5.18. The number of rotatable bonds is 5. The molecule has 2 nitrogen and oxygen atoms in total. The van der Waals surface area contributed by atoms with Crippen LogP contribution in [0.15, 0.2) is 71.9 Å². The van der Waals surface area contributed by atoms with E-state index in [-0.39, 0.29) is 0 Å². The van der Waals surface area contributed by atoms with Crippen LogP contribution in [0.1, 0.15) is 19.4 Å². The number of aliphatic imine (C=N–C) groups is 1. The molecule has 0 aromatic heterocycles. The highest BCUT2D eigenvalue weighted by Gasteiger charge is 2.05. The molecule has 1 rings (SSSR count). The van der Waals surface area contributed by atoms with Crippen molar-refractivity contribution in [1.29, 1.82) is 0 Å². The maximum atomic E-state index is 5.96. The molecule has 0 aliphatic heterocycles. The van der Waals surface area contributed by atoms with E-state index in [1.165, 1.54) is 6.20 Å². The van der Waals surface area contributed by atoms with E-state index < -0.39 is 0 Å². The van der Waals surface area contributed by atoms with Gasteiger partial charge >= 0.3 is 0 Å². The van der Waals surface area contributed by atoms with Crippen LogP contribution in [-0.2, 0) is 0 Å². The van der Waals surface area contributed by atoms with Gasteiger partial charge in [0.15, 0.2) is 0 Å². The number of amidine groups is 1. The first-order valence-corrected chi connectivity index (χ1v) is 6.59. The SMILES string of the molecule is C=CN=C(N)C(/C=C(\C=C)c1ccc(Cl)cc1)=C(C)C. The third-order valence-corrected chi connectivity index (χ3v) is 2.99. The predicted molar refractivity (Wildman–Crippen MR) is 89.8 cm³/mol. The molecule has 0 saturated heterocycles. The summed E-state index contributed by atoms with van der Waals surface area (Å²) in [5.41, 5.74) is 9.88. The molecule has 0 aliphatic carbocycles. The fraction of sp³-hybridized carbons (Fsp3) is 0.118. The van der Waals surface area contributed by atoms with Gasteiger partial charge in [-0.25, -0.2) is 4.99 Å². The number of nitrogens with zero attached hydrogens (tertiary/aromatic N) is 1. The lowest BCUT2D eigenvalue weighted by atomic mass is 10.0. The van der Waals surface area contributed by atoms with E-state index in [9.17, 15) is 0 Å². The molecule has 104 valence electrons. The van der Waals surface area contributed by atoms with Crippen molar-refractivity contribution in [2.24, 2.45) is 10.7 Å². The highest BCUT2D eigenvalue weighted by molar-refractivity contribution is 6.30. The van der Waals surface area contributed by atoms with Gasteiger partial charge < -0.3 is 5.73 Å². The Balaban J connectivity index is 3.31. The number of halogens is 1. The Morgan fingerprint density at radius 3 is 2.25 bits per heavy atom. The molecule has 3 heteroatoms. The van der Waals surface area contributed by atoms with Crippen molar-refractivity contribution in [3.8, 4) is 0 Å². The highest BCUT2D eigenvalue weighted by atomic mass is 35.5. The second-order valence-corrected chi connectivity index (χ2v) is 4.86. The van der Waals surface area contributed by atoms with Crippen LogP contribution in [0.2, 0.25) is 5.02 Å². The first kappa shape index (κ1) is 16.0. The average Bonchev–Trinajstić information content (AvgIpc) is 2.41. The van der Waals surface area contributed by atoms with Crippen LogP contribution >= 0.6 is 11.6 Å². The number of hydrogen-bond donors (Lipinski definition) is 1. The maximum absolute atomic E-state index is 5.96. The topological polar surface area (TPSA) is 38.4 Å². The third kappa shape index (κ3) is 4.25. The molecule has 0 saturated carbocycles. The normalized spacial score (nSPS) is 11.9. The molecule has 0 heterocycles. The summed E-state index contributed by atoms with van der Waals surface area (Å²) in [7, 11) is 0. The van der Waals surface area contributed by atoms with Crippen LogP contribution in [0, 0.1) is 0 Å². The van der Waals surface area contributed by atoms with Gasteiger partial charge in [0.25, 0.3) is 0 Å². The van der Waals surface area contributed by atoms with E-state index in [2.05, 4.69) is 18.2 Å². The summed E-state index contributed by atoms with van der Waals surface area (Å²) in [6.45, 7) is 11.4. The van der Waals surface area contributed by atoms with Crippen molar-refractivity contribution in [3.63, 3.8) is 0 Å². The van der Waals surface area contributed by atoms with Gasteiger partial charge in [0, 0.05) is 16.8 Å². The number of allylic oxidation sites excluding steroid dienone is 3. The molecule has 0 amide bonds. The Labute approximate surface area is 125 Å². The van der Waals surface area contributed by atoms with Gasteiger partial charge in [-0.3, -0.25) is 0 Å². The average molecular weight is 287 g/mol. The maximum Gasteiger partial charge on any atom is 0.130 e. The molecule has 2 N–H and O–H groups in total. The molecule has 0 spiro atoms. The van der Waals surface area contributed by atoms with E-state index in [0.29, 0.717) is 10.9 Å². The molecule has 0 aliphatic rings. The monoisotopic (exact) mass is 286 g/mol. The molecule has 1 aromatic carbocycles. The lowest BCUT2D eigenvalue weighted by Crippen LogP contribution is -2.14. The molecule has 0 atom stereocenters. The Morgan fingerprint density at radius 1 is 1.20 bits per heavy atom. The van der Waals surface area contributed by atoms with E-state index in [1.54, 1.807) is 6.08 Å². The minimum absolute atomic E-state index is 0.438. The summed E-state index contributed by atoms with van der Waals surface area (Å²) >= 11 is 5.90. The van der Waals surface area contributed by atoms with E-state index in [1.807, 2.05) is 44.2 Å². The number of nitrogens with two attached hydrogens (primary N) is 1. The standard InChI is InChI=1S/C17H19ClN2/c1-5-13(14-7-9-15(18)10-8-14)11-16(12(3)4)17(19)20-6-2/h5-11H,1-2H2,3-4H3,(H2,19,20)/b13-11+. The Hall–Kier alpha value is -2.06. The second kappa shape index (κ2) is 7.51.